The van der Waals surface area contributed by atoms with Gasteiger partial charge in [-0.05, 0) is 37.4 Å². The zero-order valence-electron chi connectivity index (χ0n) is 12.2. The SMILES string of the molecule is COCC(=O)NCC1CCN(Cc2ccccc2)CC1. The summed E-state index contributed by atoms with van der Waals surface area (Å²) in [5.41, 5.74) is 1.37. The number of amides is 1. The van der Waals surface area contributed by atoms with Crippen molar-refractivity contribution in [1.29, 1.82) is 0 Å². The van der Waals surface area contributed by atoms with Crippen molar-refractivity contribution in [3.63, 3.8) is 0 Å². The third-order valence-electron chi connectivity index (χ3n) is 3.82. The van der Waals surface area contributed by atoms with E-state index in [0.29, 0.717) is 5.92 Å². The molecule has 0 aliphatic carbocycles. The summed E-state index contributed by atoms with van der Waals surface area (Å²) in [6, 6.07) is 10.6. The molecule has 1 aromatic carbocycles. The predicted molar refractivity (Wildman–Crippen MR) is 79.3 cm³/mol. The van der Waals surface area contributed by atoms with Gasteiger partial charge in [-0.3, -0.25) is 9.69 Å². The molecule has 1 aliphatic heterocycles. The van der Waals surface area contributed by atoms with Crippen LogP contribution in [-0.4, -0.2) is 44.2 Å². The van der Waals surface area contributed by atoms with Crippen LogP contribution in [0.2, 0.25) is 0 Å². The minimum Gasteiger partial charge on any atom is -0.375 e. The molecule has 20 heavy (non-hydrogen) atoms. The van der Waals surface area contributed by atoms with Crippen LogP contribution >= 0.6 is 0 Å². The molecule has 1 amide bonds. The maximum Gasteiger partial charge on any atom is 0.245 e. The smallest absolute Gasteiger partial charge is 0.245 e. The molecule has 0 spiro atoms. The molecule has 0 bridgehead atoms. The van der Waals surface area contributed by atoms with Gasteiger partial charge in [-0.1, -0.05) is 30.3 Å². The van der Waals surface area contributed by atoms with Crippen LogP contribution in [0.5, 0.6) is 0 Å². The number of hydrogen-bond donors (Lipinski definition) is 1. The zero-order chi connectivity index (χ0) is 14.2. The van der Waals surface area contributed by atoms with Crippen molar-refractivity contribution in [2.75, 3.05) is 33.4 Å². The molecule has 1 aliphatic rings. The molecule has 4 nitrogen and oxygen atoms in total. The first-order valence-corrected chi connectivity index (χ1v) is 7.30. The van der Waals surface area contributed by atoms with Crippen molar-refractivity contribution in [3.05, 3.63) is 35.9 Å². The molecular formula is C16H24N2O2. The number of likely N-dealkylation sites (tertiary alicyclic amines) is 1. The average Bonchev–Trinajstić information content (AvgIpc) is 2.48. The quantitative estimate of drug-likeness (QED) is 0.859. The highest BCUT2D eigenvalue weighted by atomic mass is 16.5. The zero-order valence-corrected chi connectivity index (χ0v) is 12.2. The molecule has 1 aromatic rings. The lowest BCUT2D eigenvalue weighted by atomic mass is 9.96. The number of methoxy groups -OCH3 is 1. The standard InChI is InChI=1S/C16H24N2O2/c1-20-13-16(19)17-11-14-7-9-18(10-8-14)12-15-5-3-2-4-6-15/h2-6,14H,7-13H2,1H3,(H,17,19). The van der Waals surface area contributed by atoms with Crippen LogP contribution < -0.4 is 5.32 Å². The molecule has 2 rings (SSSR count). The molecule has 0 radical (unpaired) electrons. The van der Waals surface area contributed by atoms with Crippen molar-refractivity contribution in [1.82, 2.24) is 10.2 Å². The molecule has 1 saturated heterocycles. The van der Waals surface area contributed by atoms with Gasteiger partial charge in [0.15, 0.2) is 0 Å². The minimum absolute atomic E-state index is 0.0146. The van der Waals surface area contributed by atoms with Crippen LogP contribution in [0.25, 0.3) is 0 Å². The average molecular weight is 276 g/mol. The first kappa shape index (κ1) is 15.0. The molecule has 0 unspecified atom stereocenters. The van der Waals surface area contributed by atoms with E-state index in [9.17, 15) is 4.79 Å². The molecule has 1 fully saturated rings. The van der Waals surface area contributed by atoms with Crippen LogP contribution in [0.15, 0.2) is 30.3 Å². The van der Waals surface area contributed by atoms with Gasteiger partial charge in [0.25, 0.3) is 0 Å². The Morgan fingerprint density at radius 3 is 2.65 bits per heavy atom. The maximum absolute atomic E-state index is 11.3. The van der Waals surface area contributed by atoms with Gasteiger partial charge < -0.3 is 10.1 Å². The fraction of sp³-hybridized carbons (Fsp3) is 0.562. The molecule has 0 aromatic heterocycles. The minimum atomic E-state index is -0.0146. The second-order valence-corrected chi connectivity index (χ2v) is 5.44. The van der Waals surface area contributed by atoms with E-state index in [4.69, 9.17) is 4.74 Å². The van der Waals surface area contributed by atoms with E-state index in [2.05, 4.69) is 40.5 Å². The lowest BCUT2D eigenvalue weighted by Crippen LogP contribution is -2.39. The second kappa shape index (κ2) is 8.02. The van der Waals surface area contributed by atoms with E-state index < -0.39 is 0 Å². The van der Waals surface area contributed by atoms with Crippen molar-refractivity contribution in [3.8, 4) is 0 Å². The van der Waals surface area contributed by atoms with E-state index in [1.807, 2.05) is 0 Å². The maximum atomic E-state index is 11.3. The highest BCUT2D eigenvalue weighted by Gasteiger charge is 2.19. The Labute approximate surface area is 121 Å². The molecule has 1 N–H and O–H groups in total. The van der Waals surface area contributed by atoms with Crippen molar-refractivity contribution >= 4 is 5.91 Å². The van der Waals surface area contributed by atoms with Crippen molar-refractivity contribution in [2.24, 2.45) is 5.92 Å². The van der Waals surface area contributed by atoms with Gasteiger partial charge in [0.05, 0.1) is 0 Å². The lowest BCUT2D eigenvalue weighted by molar-refractivity contribution is -0.125. The van der Waals surface area contributed by atoms with Crippen LogP contribution in [0.1, 0.15) is 18.4 Å². The number of nitrogens with zero attached hydrogens (tertiary/aromatic N) is 1. The van der Waals surface area contributed by atoms with E-state index in [0.717, 1.165) is 39.0 Å². The summed E-state index contributed by atoms with van der Waals surface area (Å²) >= 11 is 0. The van der Waals surface area contributed by atoms with Gasteiger partial charge in [0, 0.05) is 20.2 Å². The number of rotatable bonds is 6. The number of carbonyl (C=O) groups is 1. The van der Waals surface area contributed by atoms with Crippen LogP contribution in [0, 0.1) is 5.92 Å². The number of nitrogens with one attached hydrogen (secondary N) is 1. The van der Waals surface area contributed by atoms with Crippen molar-refractivity contribution in [2.45, 2.75) is 19.4 Å². The second-order valence-electron chi connectivity index (χ2n) is 5.44. The molecule has 4 heteroatoms. The first-order valence-electron chi connectivity index (χ1n) is 7.30. The molecule has 0 atom stereocenters. The predicted octanol–water partition coefficient (Wildman–Crippen LogP) is 1.66. The number of carbonyl (C=O) groups excluding carboxylic acids is 1. The van der Waals surface area contributed by atoms with E-state index >= 15 is 0 Å². The van der Waals surface area contributed by atoms with Gasteiger partial charge in [0.2, 0.25) is 5.91 Å². The summed E-state index contributed by atoms with van der Waals surface area (Å²) in [6.45, 7) is 4.19. The third-order valence-corrected chi connectivity index (χ3v) is 3.82. The summed E-state index contributed by atoms with van der Waals surface area (Å²) in [6.07, 6.45) is 2.31. The normalized spacial score (nSPS) is 17.1. The topological polar surface area (TPSA) is 41.6 Å². The Morgan fingerprint density at radius 1 is 1.30 bits per heavy atom. The Bertz CT molecular complexity index is 400. The largest absolute Gasteiger partial charge is 0.375 e. The Balaban J connectivity index is 1.66. The van der Waals surface area contributed by atoms with Crippen molar-refractivity contribution < 1.29 is 9.53 Å². The van der Waals surface area contributed by atoms with Gasteiger partial charge in [-0.15, -0.1) is 0 Å². The van der Waals surface area contributed by atoms with Gasteiger partial charge >= 0.3 is 0 Å². The molecular weight excluding hydrogens is 252 g/mol. The number of ether oxygens (including phenoxy) is 1. The highest BCUT2D eigenvalue weighted by molar-refractivity contribution is 5.77. The highest BCUT2D eigenvalue weighted by Crippen LogP contribution is 2.18. The summed E-state index contributed by atoms with van der Waals surface area (Å²) in [4.78, 5) is 13.8. The Hall–Kier alpha value is -1.39. The van der Waals surface area contributed by atoms with Crippen LogP contribution in [0.4, 0.5) is 0 Å². The summed E-state index contributed by atoms with van der Waals surface area (Å²) in [5, 5.41) is 2.94. The van der Waals surface area contributed by atoms with Crippen LogP contribution in [0.3, 0.4) is 0 Å². The Morgan fingerprint density at radius 2 is 2.00 bits per heavy atom. The molecule has 1 heterocycles. The van der Waals surface area contributed by atoms with E-state index in [1.165, 1.54) is 5.56 Å². The Kier molecular flexibility index (Phi) is 6.02. The van der Waals surface area contributed by atoms with Gasteiger partial charge in [0.1, 0.15) is 6.61 Å². The lowest BCUT2D eigenvalue weighted by Gasteiger charge is -2.32. The monoisotopic (exact) mass is 276 g/mol. The first-order chi connectivity index (χ1) is 9.78. The summed E-state index contributed by atoms with van der Waals surface area (Å²) < 4.78 is 4.81. The third kappa shape index (κ3) is 4.94. The van der Waals surface area contributed by atoms with E-state index in [1.54, 1.807) is 7.11 Å². The fourth-order valence-corrected chi connectivity index (χ4v) is 2.63. The summed E-state index contributed by atoms with van der Waals surface area (Å²) in [7, 11) is 1.54. The molecule has 0 saturated carbocycles. The van der Waals surface area contributed by atoms with Crippen LogP contribution in [-0.2, 0) is 16.1 Å². The number of benzene rings is 1. The number of hydrogen-bond acceptors (Lipinski definition) is 3. The fourth-order valence-electron chi connectivity index (χ4n) is 2.63. The van der Waals surface area contributed by atoms with E-state index in [-0.39, 0.29) is 12.5 Å². The summed E-state index contributed by atoms with van der Waals surface area (Å²) in [5.74, 6) is 0.585. The number of piperidine rings is 1. The molecule has 110 valence electrons. The van der Waals surface area contributed by atoms with Gasteiger partial charge in [-0.2, -0.15) is 0 Å². The van der Waals surface area contributed by atoms with Gasteiger partial charge in [-0.25, -0.2) is 0 Å².